The lowest BCUT2D eigenvalue weighted by Gasteiger charge is -2.19. The monoisotopic (exact) mass is 303 g/mol. The van der Waals surface area contributed by atoms with Crippen LogP contribution in [0, 0.1) is 0 Å². The van der Waals surface area contributed by atoms with Gasteiger partial charge >= 0.3 is 0 Å². The molecule has 0 amide bonds. The lowest BCUT2D eigenvalue weighted by molar-refractivity contribution is 0.458. The van der Waals surface area contributed by atoms with Gasteiger partial charge in [-0.3, -0.25) is 4.99 Å². The summed E-state index contributed by atoms with van der Waals surface area (Å²) in [6.45, 7) is 6.76. The molecular weight excluding hydrogens is 286 g/mol. The van der Waals surface area contributed by atoms with E-state index in [1.165, 1.54) is 8.66 Å². The number of hydrogen-bond donors (Lipinski definition) is 1. The topological polar surface area (TPSA) is 41.6 Å². The first-order valence-electron chi connectivity index (χ1n) is 5.46. The fourth-order valence-corrected chi connectivity index (χ4v) is 2.89. The number of guanidine groups is 1. The first-order valence-corrected chi connectivity index (χ1v) is 7.07. The molecule has 2 N–H and O–H groups in total. The summed E-state index contributed by atoms with van der Waals surface area (Å²) in [6, 6.07) is 4.19. The maximum atomic E-state index is 5.88. The van der Waals surface area contributed by atoms with Crippen LogP contribution >= 0.6 is 27.3 Å². The molecule has 0 unspecified atom stereocenters. The highest BCUT2D eigenvalue weighted by molar-refractivity contribution is 9.11. The fourth-order valence-electron chi connectivity index (χ4n) is 1.41. The van der Waals surface area contributed by atoms with Crippen LogP contribution < -0.4 is 5.73 Å². The second-order valence-corrected chi connectivity index (χ2v) is 5.92. The summed E-state index contributed by atoms with van der Waals surface area (Å²) in [7, 11) is 0. The van der Waals surface area contributed by atoms with Crippen LogP contribution in [0.15, 0.2) is 20.9 Å². The average Bonchev–Trinajstić information content (AvgIpc) is 2.66. The van der Waals surface area contributed by atoms with E-state index >= 15 is 0 Å². The summed E-state index contributed by atoms with van der Waals surface area (Å²) in [6.07, 6.45) is 0.957. The molecule has 0 aliphatic rings. The molecule has 3 nitrogen and oxygen atoms in total. The summed E-state index contributed by atoms with van der Waals surface area (Å²) < 4.78 is 1.17. The molecule has 1 rings (SSSR count). The molecule has 16 heavy (non-hydrogen) atoms. The maximum Gasteiger partial charge on any atom is 0.191 e. The highest BCUT2D eigenvalue weighted by Crippen LogP contribution is 2.22. The zero-order valence-electron chi connectivity index (χ0n) is 9.74. The van der Waals surface area contributed by atoms with Gasteiger partial charge in [0, 0.05) is 30.9 Å². The van der Waals surface area contributed by atoms with Crippen molar-refractivity contribution in [3.05, 3.63) is 20.8 Å². The molecule has 1 aromatic rings. The molecule has 0 spiro atoms. The van der Waals surface area contributed by atoms with Crippen LogP contribution in [0.3, 0.4) is 0 Å². The first-order chi connectivity index (χ1) is 7.67. The van der Waals surface area contributed by atoms with Gasteiger partial charge in [-0.25, -0.2) is 0 Å². The predicted molar refractivity (Wildman–Crippen MR) is 75.1 cm³/mol. The van der Waals surface area contributed by atoms with Crippen molar-refractivity contribution in [3.63, 3.8) is 0 Å². The zero-order valence-corrected chi connectivity index (χ0v) is 12.1. The Labute approximate surface area is 109 Å². The Hall–Kier alpha value is -0.550. The number of rotatable bonds is 5. The minimum absolute atomic E-state index is 0.653. The summed E-state index contributed by atoms with van der Waals surface area (Å²) in [4.78, 5) is 7.78. The number of nitrogens with zero attached hydrogens (tertiary/aromatic N) is 2. The zero-order chi connectivity index (χ0) is 12.0. The van der Waals surface area contributed by atoms with Crippen molar-refractivity contribution in [1.29, 1.82) is 0 Å². The first kappa shape index (κ1) is 13.5. The molecule has 0 aliphatic heterocycles. The van der Waals surface area contributed by atoms with Crippen molar-refractivity contribution in [1.82, 2.24) is 4.90 Å². The van der Waals surface area contributed by atoms with Crippen LogP contribution in [0.4, 0.5) is 0 Å². The van der Waals surface area contributed by atoms with E-state index in [0.717, 1.165) is 26.1 Å². The van der Waals surface area contributed by atoms with Crippen LogP contribution in [0.1, 0.15) is 18.7 Å². The highest BCUT2D eigenvalue weighted by Gasteiger charge is 2.02. The van der Waals surface area contributed by atoms with E-state index in [9.17, 15) is 0 Å². The molecule has 1 heterocycles. The average molecular weight is 304 g/mol. The lowest BCUT2D eigenvalue weighted by atomic mass is 10.3. The Balaban J connectivity index is 2.41. The van der Waals surface area contributed by atoms with Crippen LogP contribution in [-0.2, 0) is 6.42 Å². The molecule has 0 aromatic carbocycles. The summed E-state index contributed by atoms with van der Waals surface area (Å²) in [5.74, 6) is 0.653. The molecule has 0 radical (unpaired) electrons. The smallest absolute Gasteiger partial charge is 0.191 e. The molecule has 0 saturated heterocycles. The SMILES string of the molecule is CCN(CC)C(N)=NCCc1ccc(Br)s1. The second kappa shape index (κ2) is 6.91. The molecule has 0 atom stereocenters. The number of nitrogens with two attached hydrogens (primary N) is 1. The normalized spacial score (nSPS) is 11.8. The van der Waals surface area contributed by atoms with Crippen molar-refractivity contribution in [2.75, 3.05) is 19.6 Å². The summed E-state index contributed by atoms with van der Waals surface area (Å²) >= 11 is 5.20. The van der Waals surface area contributed by atoms with E-state index in [2.05, 4.69) is 51.8 Å². The molecular formula is C11H18BrN3S. The van der Waals surface area contributed by atoms with E-state index in [1.54, 1.807) is 11.3 Å². The van der Waals surface area contributed by atoms with Crippen LogP contribution in [0.25, 0.3) is 0 Å². The third-order valence-electron chi connectivity index (χ3n) is 2.35. The number of hydrogen-bond acceptors (Lipinski definition) is 2. The lowest BCUT2D eigenvalue weighted by Crippen LogP contribution is -2.37. The van der Waals surface area contributed by atoms with Crippen LogP contribution in [-0.4, -0.2) is 30.5 Å². The highest BCUT2D eigenvalue weighted by atomic mass is 79.9. The van der Waals surface area contributed by atoms with E-state index in [1.807, 2.05) is 0 Å². The molecule has 0 fully saturated rings. The standard InChI is InChI=1S/C11H18BrN3S/c1-3-15(4-2)11(13)14-8-7-9-5-6-10(12)16-9/h5-6H,3-4,7-8H2,1-2H3,(H2,13,14). The minimum atomic E-state index is 0.653. The van der Waals surface area contributed by atoms with Gasteiger partial charge in [0.25, 0.3) is 0 Å². The van der Waals surface area contributed by atoms with Gasteiger partial charge in [-0.1, -0.05) is 0 Å². The van der Waals surface area contributed by atoms with Crippen molar-refractivity contribution in [2.45, 2.75) is 20.3 Å². The second-order valence-electron chi connectivity index (χ2n) is 3.37. The van der Waals surface area contributed by atoms with Crippen molar-refractivity contribution < 1.29 is 0 Å². The van der Waals surface area contributed by atoms with Gasteiger partial charge in [0.2, 0.25) is 0 Å². The Kier molecular flexibility index (Phi) is 5.84. The molecule has 90 valence electrons. The van der Waals surface area contributed by atoms with E-state index in [0.29, 0.717) is 5.96 Å². The number of thiophene rings is 1. The van der Waals surface area contributed by atoms with Crippen molar-refractivity contribution in [3.8, 4) is 0 Å². The Morgan fingerprint density at radius 3 is 2.62 bits per heavy atom. The number of halogens is 1. The largest absolute Gasteiger partial charge is 0.370 e. The van der Waals surface area contributed by atoms with Crippen LogP contribution in [0.2, 0.25) is 0 Å². The van der Waals surface area contributed by atoms with E-state index in [-0.39, 0.29) is 0 Å². The van der Waals surface area contributed by atoms with Crippen LogP contribution in [0.5, 0.6) is 0 Å². The quantitative estimate of drug-likeness (QED) is 0.671. The maximum absolute atomic E-state index is 5.88. The number of aliphatic imine (C=N–C) groups is 1. The predicted octanol–water partition coefficient (Wildman–Crippen LogP) is 2.71. The van der Waals surface area contributed by atoms with Crippen molar-refractivity contribution in [2.24, 2.45) is 10.7 Å². The van der Waals surface area contributed by atoms with Gasteiger partial charge < -0.3 is 10.6 Å². The Morgan fingerprint density at radius 2 is 2.12 bits per heavy atom. The summed E-state index contributed by atoms with van der Waals surface area (Å²) in [5.41, 5.74) is 5.88. The molecule has 1 aromatic heterocycles. The van der Waals surface area contributed by atoms with Crippen molar-refractivity contribution >= 4 is 33.2 Å². The Bertz CT molecular complexity index is 345. The third kappa shape index (κ3) is 4.14. The Morgan fingerprint density at radius 1 is 1.44 bits per heavy atom. The fraction of sp³-hybridized carbons (Fsp3) is 0.545. The van der Waals surface area contributed by atoms with E-state index in [4.69, 9.17) is 5.73 Å². The molecule has 0 bridgehead atoms. The third-order valence-corrected chi connectivity index (χ3v) is 4.03. The summed E-state index contributed by atoms with van der Waals surface area (Å²) in [5, 5.41) is 0. The van der Waals surface area contributed by atoms with E-state index < -0.39 is 0 Å². The van der Waals surface area contributed by atoms with Gasteiger partial charge in [0.1, 0.15) is 0 Å². The van der Waals surface area contributed by atoms with Gasteiger partial charge in [-0.15, -0.1) is 11.3 Å². The molecule has 0 saturated carbocycles. The van der Waals surface area contributed by atoms with Gasteiger partial charge in [0.05, 0.1) is 3.79 Å². The molecule has 0 aliphatic carbocycles. The minimum Gasteiger partial charge on any atom is -0.370 e. The van der Waals surface area contributed by atoms with Gasteiger partial charge in [-0.05, 0) is 41.9 Å². The van der Waals surface area contributed by atoms with Gasteiger partial charge in [-0.2, -0.15) is 0 Å². The van der Waals surface area contributed by atoms with Gasteiger partial charge in [0.15, 0.2) is 5.96 Å². The molecule has 5 heteroatoms.